The molecular formula is C14H24IN5O. The zero-order chi connectivity index (χ0) is 14.0. The van der Waals surface area contributed by atoms with Crippen LogP contribution in [0.25, 0.3) is 0 Å². The lowest BCUT2D eigenvalue weighted by Crippen LogP contribution is -2.39. The van der Waals surface area contributed by atoms with E-state index < -0.39 is 0 Å². The van der Waals surface area contributed by atoms with Crippen molar-refractivity contribution in [1.29, 1.82) is 0 Å². The third-order valence-corrected chi connectivity index (χ3v) is 3.20. The van der Waals surface area contributed by atoms with Crippen molar-refractivity contribution < 1.29 is 4.74 Å². The summed E-state index contributed by atoms with van der Waals surface area (Å²) in [6.45, 7) is 6.19. The Morgan fingerprint density at radius 3 is 2.90 bits per heavy atom. The molecule has 7 heteroatoms. The summed E-state index contributed by atoms with van der Waals surface area (Å²) in [6, 6.07) is 5.78. The van der Waals surface area contributed by atoms with Crippen LogP contribution in [0, 0.1) is 0 Å². The molecule has 0 aliphatic carbocycles. The quantitative estimate of drug-likeness (QED) is 0.317. The van der Waals surface area contributed by atoms with Gasteiger partial charge in [0, 0.05) is 25.8 Å². The number of aromatic nitrogens is 1. The van der Waals surface area contributed by atoms with Gasteiger partial charge in [-0.25, -0.2) is 4.99 Å². The van der Waals surface area contributed by atoms with Crippen molar-refractivity contribution in [3.8, 4) is 0 Å². The van der Waals surface area contributed by atoms with Gasteiger partial charge in [0.1, 0.15) is 0 Å². The molecule has 3 N–H and O–H groups in total. The predicted molar refractivity (Wildman–Crippen MR) is 94.9 cm³/mol. The van der Waals surface area contributed by atoms with Crippen LogP contribution in [-0.4, -0.2) is 55.2 Å². The van der Waals surface area contributed by atoms with E-state index in [1.165, 1.54) is 0 Å². The van der Waals surface area contributed by atoms with Crippen molar-refractivity contribution in [2.75, 3.05) is 39.4 Å². The maximum atomic E-state index is 5.82. The second-order valence-electron chi connectivity index (χ2n) is 4.76. The summed E-state index contributed by atoms with van der Waals surface area (Å²) in [5.74, 6) is 0.484. The van der Waals surface area contributed by atoms with E-state index in [2.05, 4.69) is 20.2 Å². The third-order valence-electron chi connectivity index (χ3n) is 3.20. The van der Waals surface area contributed by atoms with Crippen LogP contribution in [0.15, 0.2) is 29.4 Å². The van der Waals surface area contributed by atoms with Crippen LogP contribution in [0.1, 0.15) is 12.1 Å². The summed E-state index contributed by atoms with van der Waals surface area (Å²) in [6.07, 6.45) is 2.82. The molecule has 1 aromatic heterocycles. The Balaban J connectivity index is 0.00000220. The maximum absolute atomic E-state index is 5.82. The fourth-order valence-corrected chi connectivity index (χ4v) is 2.06. The molecule has 1 aromatic rings. The van der Waals surface area contributed by atoms with Gasteiger partial charge in [-0.1, -0.05) is 6.07 Å². The number of nitrogens with one attached hydrogen (secondary N) is 1. The largest absolute Gasteiger partial charge is 0.379 e. The zero-order valence-corrected chi connectivity index (χ0v) is 14.5. The van der Waals surface area contributed by atoms with Gasteiger partial charge in [-0.15, -0.1) is 24.0 Å². The molecular weight excluding hydrogens is 381 g/mol. The van der Waals surface area contributed by atoms with Crippen molar-refractivity contribution >= 4 is 29.9 Å². The standard InChI is InChI=1S/C14H23N5O.HI/c15-14(18-12-13-4-1-2-5-16-13)17-6-3-7-19-8-10-20-11-9-19;/h1-2,4-5H,3,6-12H2,(H3,15,17,18);1H. The Bertz CT molecular complexity index is 409. The van der Waals surface area contributed by atoms with E-state index in [9.17, 15) is 0 Å². The normalized spacial score (nSPS) is 16.3. The van der Waals surface area contributed by atoms with Gasteiger partial charge in [0.15, 0.2) is 5.96 Å². The number of guanidine groups is 1. The predicted octanol–water partition coefficient (Wildman–Crippen LogP) is 0.826. The van der Waals surface area contributed by atoms with Gasteiger partial charge in [0.05, 0.1) is 25.5 Å². The summed E-state index contributed by atoms with van der Waals surface area (Å²) in [4.78, 5) is 10.9. The van der Waals surface area contributed by atoms with Crippen molar-refractivity contribution in [3.63, 3.8) is 0 Å². The average molecular weight is 405 g/mol. The van der Waals surface area contributed by atoms with Crippen molar-refractivity contribution in [1.82, 2.24) is 15.2 Å². The Labute approximate surface area is 143 Å². The third kappa shape index (κ3) is 7.58. The summed E-state index contributed by atoms with van der Waals surface area (Å²) in [7, 11) is 0. The number of ether oxygens (including phenoxy) is 1. The summed E-state index contributed by atoms with van der Waals surface area (Å²) in [5, 5.41) is 3.13. The molecule has 0 unspecified atom stereocenters. The highest BCUT2D eigenvalue weighted by Crippen LogP contribution is 1.97. The van der Waals surface area contributed by atoms with Crippen LogP contribution in [0.4, 0.5) is 0 Å². The molecule has 1 aliphatic rings. The summed E-state index contributed by atoms with van der Waals surface area (Å²) >= 11 is 0. The smallest absolute Gasteiger partial charge is 0.188 e. The van der Waals surface area contributed by atoms with Gasteiger partial charge in [-0.3, -0.25) is 9.88 Å². The fraction of sp³-hybridized carbons (Fsp3) is 0.571. The molecule has 0 spiro atoms. The van der Waals surface area contributed by atoms with E-state index in [4.69, 9.17) is 10.5 Å². The number of halogens is 1. The molecule has 0 saturated carbocycles. The molecule has 0 aromatic carbocycles. The van der Waals surface area contributed by atoms with Crippen LogP contribution < -0.4 is 11.1 Å². The van der Waals surface area contributed by atoms with Gasteiger partial charge in [-0.2, -0.15) is 0 Å². The first-order valence-corrected chi connectivity index (χ1v) is 7.08. The molecule has 1 aliphatic heterocycles. The minimum Gasteiger partial charge on any atom is -0.379 e. The number of hydrogen-bond donors (Lipinski definition) is 2. The highest BCUT2D eigenvalue weighted by molar-refractivity contribution is 14.0. The number of rotatable bonds is 6. The van der Waals surface area contributed by atoms with E-state index >= 15 is 0 Å². The number of pyridine rings is 1. The first-order chi connectivity index (χ1) is 9.84. The number of nitrogens with two attached hydrogens (primary N) is 1. The van der Waals surface area contributed by atoms with Crippen LogP contribution in [0.2, 0.25) is 0 Å². The monoisotopic (exact) mass is 405 g/mol. The van der Waals surface area contributed by atoms with Gasteiger partial charge in [-0.05, 0) is 25.1 Å². The highest BCUT2D eigenvalue weighted by Gasteiger charge is 2.08. The molecule has 118 valence electrons. The second kappa shape index (κ2) is 10.7. The van der Waals surface area contributed by atoms with E-state index in [-0.39, 0.29) is 24.0 Å². The Morgan fingerprint density at radius 1 is 1.38 bits per heavy atom. The maximum Gasteiger partial charge on any atom is 0.188 e. The average Bonchev–Trinajstić information content (AvgIpc) is 2.52. The topological polar surface area (TPSA) is 75.8 Å². The number of aliphatic imine (C=N–C) groups is 1. The Morgan fingerprint density at radius 2 is 2.19 bits per heavy atom. The lowest BCUT2D eigenvalue weighted by atomic mass is 10.3. The minimum absolute atomic E-state index is 0. The van der Waals surface area contributed by atoms with E-state index in [1.54, 1.807) is 6.20 Å². The van der Waals surface area contributed by atoms with Gasteiger partial charge >= 0.3 is 0 Å². The lowest BCUT2D eigenvalue weighted by molar-refractivity contribution is 0.0376. The molecule has 0 atom stereocenters. The van der Waals surface area contributed by atoms with Crippen molar-refractivity contribution in [3.05, 3.63) is 30.1 Å². The van der Waals surface area contributed by atoms with Gasteiger partial charge in [0.25, 0.3) is 0 Å². The highest BCUT2D eigenvalue weighted by atomic mass is 127. The van der Waals surface area contributed by atoms with E-state index in [0.717, 1.165) is 51.5 Å². The number of hydrogen-bond acceptors (Lipinski definition) is 4. The van der Waals surface area contributed by atoms with E-state index in [0.29, 0.717) is 12.5 Å². The molecule has 21 heavy (non-hydrogen) atoms. The Hall–Kier alpha value is -0.930. The molecule has 1 saturated heterocycles. The molecule has 6 nitrogen and oxygen atoms in total. The van der Waals surface area contributed by atoms with Crippen LogP contribution in [-0.2, 0) is 11.3 Å². The van der Waals surface area contributed by atoms with E-state index in [1.807, 2.05) is 18.2 Å². The lowest BCUT2D eigenvalue weighted by Gasteiger charge is -2.26. The first kappa shape index (κ1) is 18.1. The zero-order valence-electron chi connectivity index (χ0n) is 12.2. The molecule has 2 heterocycles. The molecule has 0 bridgehead atoms. The first-order valence-electron chi connectivity index (χ1n) is 7.08. The summed E-state index contributed by atoms with van der Waals surface area (Å²) in [5.41, 5.74) is 6.74. The number of morpholine rings is 1. The van der Waals surface area contributed by atoms with Crippen LogP contribution in [0.3, 0.4) is 0 Å². The van der Waals surface area contributed by atoms with Crippen LogP contribution >= 0.6 is 24.0 Å². The molecule has 0 amide bonds. The fourth-order valence-electron chi connectivity index (χ4n) is 2.06. The van der Waals surface area contributed by atoms with Crippen molar-refractivity contribution in [2.24, 2.45) is 10.7 Å². The number of nitrogens with zero attached hydrogens (tertiary/aromatic N) is 3. The Kier molecular flexibility index (Phi) is 9.27. The summed E-state index contributed by atoms with van der Waals surface area (Å²) < 4.78 is 5.32. The van der Waals surface area contributed by atoms with Crippen molar-refractivity contribution in [2.45, 2.75) is 13.0 Å². The molecule has 1 fully saturated rings. The second-order valence-corrected chi connectivity index (χ2v) is 4.76. The van der Waals surface area contributed by atoms with Crippen LogP contribution in [0.5, 0.6) is 0 Å². The SMILES string of the molecule is I.NC(=NCc1ccccn1)NCCCN1CCOCC1. The minimum atomic E-state index is 0. The molecule has 2 rings (SSSR count). The van der Waals surface area contributed by atoms with Gasteiger partial charge in [0.2, 0.25) is 0 Å². The van der Waals surface area contributed by atoms with Gasteiger partial charge < -0.3 is 15.8 Å². The molecule has 0 radical (unpaired) electrons.